The van der Waals surface area contributed by atoms with E-state index in [1.807, 2.05) is 0 Å². The van der Waals surface area contributed by atoms with Crippen molar-refractivity contribution in [3.63, 3.8) is 0 Å². The lowest BCUT2D eigenvalue weighted by atomic mass is 10.1. The van der Waals surface area contributed by atoms with Crippen LogP contribution in [0.25, 0.3) is 0 Å². The van der Waals surface area contributed by atoms with Crippen molar-refractivity contribution in [2.75, 3.05) is 0 Å². The summed E-state index contributed by atoms with van der Waals surface area (Å²) in [6.07, 6.45) is 1.19. The molecule has 0 heterocycles. The SMILES string of the molecule is C=CC(=O)c1ccc(SC(F)F)cc1. The van der Waals surface area contributed by atoms with Gasteiger partial charge in [-0.25, -0.2) is 0 Å². The third kappa shape index (κ3) is 2.96. The number of rotatable bonds is 4. The van der Waals surface area contributed by atoms with Crippen LogP contribution in [0.1, 0.15) is 10.4 Å². The molecule has 1 rings (SSSR count). The first kappa shape index (κ1) is 10.9. The van der Waals surface area contributed by atoms with Crippen molar-refractivity contribution in [2.24, 2.45) is 0 Å². The van der Waals surface area contributed by atoms with Gasteiger partial charge >= 0.3 is 0 Å². The number of halogens is 2. The molecule has 0 fully saturated rings. The Hall–Kier alpha value is -1.16. The van der Waals surface area contributed by atoms with Crippen LogP contribution in [0.3, 0.4) is 0 Å². The summed E-state index contributed by atoms with van der Waals surface area (Å²) in [6, 6.07) is 6.00. The molecule has 1 nitrogen and oxygen atoms in total. The summed E-state index contributed by atoms with van der Waals surface area (Å²) in [5.41, 5.74) is 0.457. The highest BCUT2D eigenvalue weighted by Crippen LogP contribution is 2.25. The maximum Gasteiger partial charge on any atom is 0.288 e. The normalized spacial score (nSPS) is 10.2. The highest BCUT2D eigenvalue weighted by atomic mass is 32.2. The number of carbonyl (C=O) groups excluding carboxylic acids is 1. The molecule has 0 atom stereocenters. The maximum absolute atomic E-state index is 11.9. The molecule has 0 saturated carbocycles. The van der Waals surface area contributed by atoms with Gasteiger partial charge in [0.1, 0.15) is 0 Å². The average molecular weight is 214 g/mol. The van der Waals surface area contributed by atoms with Crippen LogP contribution >= 0.6 is 11.8 Å². The fourth-order valence-corrected chi connectivity index (χ4v) is 1.42. The van der Waals surface area contributed by atoms with Crippen molar-refractivity contribution in [3.05, 3.63) is 42.5 Å². The van der Waals surface area contributed by atoms with Crippen molar-refractivity contribution < 1.29 is 13.6 Å². The fraction of sp³-hybridized carbons (Fsp3) is 0.100. The minimum Gasteiger partial charge on any atom is -0.289 e. The Labute approximate surface area is 84.8 Å². The molecule has 14 heavy (non-hydrogen) atoms. The van der Waals surface area contributed by atoms with Crippen LogP contribution < -0.4 is 0 Å². The van der Waals surface area contributed by atoms with E-state index >= 15 is 0 Å². The molecule has 0 saturated heterocycles. The fourth-order valence-electron chi connectivity index (χ4n) is 0.918. The molecule has 0 aromatic heterocycles. The molecule has 0 aliphatic rings. The van der Waals surface area contributed by atoms with E-state index in [1.54, 1.807) is 0 Å². The Morgan fingerprint density at radius 2 is 1.93 bits per heavy atom. The van der Waals surface area contributed by atoms with Gasteiger partial charge in [-0.1, -0.05) is 18.3 Å². The Bertz CT molecular complexity index is 332. The predicted molar refractivity (Wildman–Crippen MR) is 52.8 cm³/mol. The average Bonchev–Trinajstić information content (AvgIpc) is 2.17. The largest absolute Gasteiger partial charge is 0.289 e. The maximum atomic E-state index is 11.9. The van der Waals surface area contributed by atoms with E-state index in [0.29, 0.717) is 22.2 Å². The molecule has 0 unspecified atom stereocenters. The first-order chi connectivity index (χ1) is 6.63. The van der Waals surface area contributed by atoms with Crippen molar-refractivity contribution in [1.82, 2.24) is 0 Å². The lowest BCUT2D eigenvalue weighted by Gasteiger charge is -2.00. The van der Waals surface area contributed by atoms with Gasteiger partial charge in [0.05, 0.1) is 0 Å². The Morgan fingerprint density at radius 1 is 1.36 bits per heavy atom. The van der Waals surface area contributed by atoms with Gasteiger partial charge in [0.25, 0.3) is 5.76 Å². The molecule has 0 aliphatic carbocycles. The molecule has 0 radical (unpaired) electrons. The van der Waals surface area contributed by atoms with Crippen molar-refractivity contribution in [2.45, 2.75) is 10.7 Å². The second-order valence-corrected chi connectivity index (χ2v) is 3.53. The number of ketones is 1. The van der Waals surface area contributed by atoms with E-state index in [9.17, 15) is 13.6 Å². The van der Waals surface area contributed by atoms with Crippen LogP contribution in [0, 0.1) is 0 Å². The molecule has 1 aromatic rings. The van der Waals surface area contributed by atoms with Gasteiger partial charge in [0.2, 0.25) is 0 Å². The second-order valence-electron chi connectivity index (χ2n) is 2.47. The Kier molecular flexibility index (Phi) is 3.83. The van der Waals surface area contributed by atoms with Crippen molar-refractivity contribution in [1.29, 1.82) is 0 Å². The van der Waals surface area contributed by atoms with Crippen LogP contribution in [0.15, 0.2) is 41.8 Å². The standard InChI is InChI=1S/C10H8F2OS/c1-2-9(13)7-3-5-8(6-4-7)14-10(11)12/h2-6,10H,1H2. The topological polar surface area (TPSA) is 17.1 Å². The zero-order valence-corrected chi connectivity index (χ0v) is 8.06. The van der Waals surface area contributed by atoms with Crippen LogP contribution in [0.4, 0.5) is 8.78 Å². The Morgan fingerprint density at radius 3 is 2.36 bits per heavy atom. The summed E-state index contributed by atoms with van der Waals surface area (Å²) in [5.74, 6) is -2.64. The summed E-state index contributed by atoms with van der Waals surface area (Å²) in [6.45, 7) is 3.33. The van der Waals surface area contributed by atoms with Crippen molar-refractivity contribution >= 4 is 17.5 Å². The quantitative estimate of drug-likeness (QED) is 0.434. The summed E-state index contributed by atoms with van der Waals surface area (Å²) in [5, 5.41) is 0. The molecule has 0 amide bonds. The monoisotopic (exact) mass is 214 g/mol. The van der Waals surface area contributed by atoms with Gasteiger partial charge in [-0.3, -0.25) is 4.79 Å². The molecule has 4 heteroatoms. The highest BCUT2D eigenvalue weighted by molar-refractivity contribution is 7.99. The van der Waals surface area contributed by atoms with E-state index in [0.717, 1.165) is 0 Å². The minimum absolute atomic E-state index is 0.210. The summed E-state index contributed by atoms with van der Waals surface area (Å²) in [7, 11) is 0. The number of hydrogen-bond acceptors (Lipinski definition) is 2. The zero-order valence-electron chi connectivity index (χ0n) is 7.24. The first-order valence-corrected chi connectivity index (χ1v) is 4.73. The summed E-state index contributed by atoms with van der Waals surface area (Å²) in [4.78, 5) is 11.5. The van der Waals surface area contributed by atoms with Crippen LogP contribution in [0.5, 0.6) is 0 Å². The molecule has 1 aromatic carbocycles. The minimum atomic E-state index is -2.43. The Balaban J connectivity index is 2.78. The van der Waals surface area contributed by atoms with Crippen LogP contribution in [-0.2, 0) is 0 Å². The zero-order chi connectivity index (χ0) is 10.6. The predicted octanol–water partition coefficient (Wildman–Crippen LogP) is 3.37. The van der Waals surface area contributed by atoms with Crippen LogP contribution in [0.2, 0.25) is 0 Å². The van der Waals surface area contributed by atoms with Gasteiger partial charge in [0, 0.05) is 10.5 Å². The van der Waals surface area contributed by atoms with E-state index < -0.39 is 5.76 Å². The molecule has 74 valence electrons. The summed E-state index contributed by atoms with van der Waals surface area (Å²) >= 11 is 0.456. The first-order valence-electron chi connectivity index (χ1n) is 3.85. The van der Waals surface area contributed by atoms with Gasteiger partial charge in [-0.05, 0) is 30.3 Å². The number of alkyl halides is 2. The molecule has 0 spiro atoms. The second kappa shape index (κ2) is 4.91. The van der Waals surface area contributed by atoms with E-state index in [-0.39, 0.29) is 5.78 Å². The third-order valence-corrected chi connectivity index (χ3v) is 2.27. The lowest BCUT2D eigenvalue weighted by molar-refractivity contribution is 0.104. The van der Waals surface area contributed by atoms with Gasteiger partial charge in [-0.2, -0.15) is 8.78 Å². The van der Waals surface area contributed by atoms with E-state index in [2.05, 4.69) is 6.58 Å². The highest BCUT2D eigenvalue weighted by Gasteiger charge is 2.06. The number of hydrogen-bond donors (Lipinski definition) is 0. The number of carbonyl (C=O) groups is 1. The smallest absolute Gasteiger partial charge is 0.288 e. The van der Waals surface area contributed by atoms with E-state index in [1.165, 1.54) is 30.3 Å². The summed E-state index contributed by atoms with van der Waals surface area (Å²) < 4.78 is 23.9. The van der Waals surface area contributed by atoms with Gasteiger partial charge < -0.3 is 0 Å². The molecule has 0 N–H and O–H groups in total. The van der Waals surface area contributed by atoms with Crippen molar-refractivity contribution in [3.8, 4) is 0 Å². The third-order valence-electron chi connectivity index (χ3n) is 1.55. The van der Waals surface area contributed by atoms with Gasteiger partial charge in [-0.15, -0.1) is 0 Å². The number of benzene rings is 1. The molecule has 0 aliphatic heterocycles. The van der Waals surface area contributed by atoms with Gasteiger partial charge in [0.15, 0.2) is 5.78 Å². The lowest BCUT2D eigenvalue weighted by Crippen LogP contribution is -1.92. The molecular formula is C10H8F2OS. The molecule has 0 bridgehead atoms. The van der Waals surface area contributed by atoms with Crippen LogP contribution in [-0.4, -0.2) is 11.5 Å². The number of allylic oxidation sites excluding steroid dienone is 1. The number of thioether (sulfide) groups is 1. The van der Waals surface area contributed by atoms with E-state index in [4.69, 9.17) is 0 Å². The molecular weight excluding hydrogens is 206 g/mol.